The topological polar surface area (TPSA) is 43.1 Å². The molecule has 0 unspecified atom stereocenters. The van der Waals surface area contributed by atoms with Crippen LogP contribution in [0.4, 0.5) is 0 Å². The standard InChI is InChI=1S/C16H13ClN4S/c1-9-7-12-15(11-5-3-4-6-13(11)17)18-8-14-20-19-10(2)21(14)16(12)22-9/h3-7H,8H2,1-2H3. The Hall–Kier alpha value is -1.98. The molecule has 2 aromatic heterocycles. The molecule has 110 valence electrons. The van der Waals surface area contributed by atoms with E-state index in [9.17, 15) is 0 Å². The first-order chi connectivity index (χ1) is 10.6. The number of halogens is 1. The van der Waals surface area contributed by atoms with Crippen molar-refractivity contribution in [3.63, 3.8) is 0 Å². The first kappa shape index (κ1) is 13.7. The number of nitrogens with zero attached hydrogens (tertiary/aromatic N) is 4. The van der Waals surface area contributed by atoms with Gasteiger partial charge in [-0.1, -0.05) is 29.8 Å². The Morgan fingerprint density at radius 2 is 1.95 bits per heavy atom. The lowest BCUT2D eigenvalue weighted by molar-refractivity contribution is 0.869. The SMILES string of the molecule is Cc1cc2c(s1)-n1c(C)nnc1CN=C2c1ccccc1Cl. The number of hydrogen-bond donors (Lipinski definition) is 0. The monoisotopic (exact) mass is 328 g/mol. The summed E-state index contributed by atoms with van der Waals surface area (Å²) < 4.78 is 2.10. The summed E-state index contributed by atoms with van der Waals surface area (Å²) in [5.74, 6) is 1.75. The van der Waals surface area contributed by atoms with Gasteiger partial charge in [0.15, 0.2) is 5.82 Å². The molecule has 0 N–H and O–H groups in total. The Labute approximate surface area is 137 Å². The molecule has 22 heavy (non-hydrogen) atoms. The van der Waals surface area contributed by atoms with Crippen molar-refractivity contribution in [3.8, 4) is 5.00 Å². The van der Waals surface area contributed by atoms with Gasteiger partial charge in [0.25, 0.3) is 0 Å². The van der Waals surface area contributed by atoms with Crippen molar-refractivity contribution in [2.24, 2.45) is 4.99 Å². The zero-order valence-electron chi connectivity index (χ0n) is 12.2. The minimum atomic E-state index is 0.502. The van der Waals surface area contributed by atoms with Gasteiger partial charge in [-0.15, -0.1) is 21.5 Å². The smallest absolute Gasteiger partial charge is 0.160 e. The van der Waals surface area contributed by atoms with Crippen LogP contribution in [0.1, 0.15) is 27.7 Å². The summed E-state index contributed by atoms with van der Waals surface area (Å²) >= 11 is 8.12. The van der Waals surface area contributed by atoms with Crippen molar-refractivity contribution in [3.05, 3.63) is 63.0 Å². The van der Waals surface area contributed by atoms with E-state index in [1.54, 1.807) is 11.3 Å². The van der Waals surface area contributed by atoms with Crippen LogP contribution in [0.2, 0.25) is 5.02 Å². The van der Waals surface area contributed by atoms with Gasteiger partial charge in [-0.05, 0) is 26.0 Å². The molecule has 1 aliphatic rings. The molecule has 0 amide bonds. The molecule has 0 atom stereocenters. The van der Waals surface area contributed by atoms with Crippen molar-refractivity contribution in [2.45, 2.75) is 20.4 Å². The van der Waals surface area contributed by atoms with Crippen LogP contribution in [0.5, 0.6) is 0 Å². The van der Waals surface area contributed by atoms with E-state index < -0.39 is 0 Å². The van der Waals surface area contributed by atoms with Gasteiger partial charge < -0.3 is 0 Å². The van der Waals surface area contributed by atoms with Gasteiger partial charge in [0.05, 0.1) is 5.71 Å². The summed E-state index contributed by atoms with van der Waals surface area (Å²) in [6, 6.07) is 9.99. The second-order valence-electron chi connectivity index (χ2n) is 5.22. The number of benzene rings is 1. The van der Waals surface area contributed by atoms with Gasteiger partial charge in [-0.3, -0.25) is 9.56 Å². The van der Waals surface area contributed by atoms with E-state index in [4.69, 9.17) is 16.6 Å². The third-order valence-electron chi connectivity index (χ3n) is 3.69. The van der Waals surface area contributed by atoms with Crippen LogP contribution in [-0.2, 0) is 6.54 Å². The summed E-state index contributed by atoms with van der Waals surface area (Å²) in [5.41, 5.74) is 2.98. The van der Waals surface area contributed by atoms with E-state index in [1.165, 1.54) is 4.88 Å². The molecule has 1 aliphatic heterocycles. The Kier molecular flexibility index (Phi) is 3.13. The Morgan fingerprint density at radius 3 is 2.77 bits per heavy atom. The normalized spacial score (nSPS) is 13.3. The van der Waals surface area contributed by atoms with Crippen molar-refractivity contribution < 1.29 is 0 Å². The molecule has 3 aromatic rings. The minimum absolute atomic E-state index is 0.502. The Balaban J connectivity index is 2.00. The zero-order valence-corrected chi connectivity index (χ0v) is 13.7. The molecule has 0 fully saturated rings. The lowest BCUT2D eigenvalue weighted by atomic mass is 10.0. The summed E-state index contributed by atoms with van der Waals surface area (Å²) in [7, 11) is 0. The van der Waals surface area contributed by atoms with Crippen LogP contribution in [0, 0.1) is 13.8 Å². The maximum absolute atomic E-state index is 6.39. The van der Waals surface area contributed by atoms with E-state index >= 15 is 0 Å². The highest BCUT2D eigenvalue weighted by Crippen LogP contribution is 2.33. The predicted octanol–water partition coefficient (Wildman–Crippen LogP) is 3.95. The van der Waals surface area contributed by atoms with Gasteiger partial charge in [0, 0.05) is 21.0 Å². The molecule has 0 aliphatic carbocycles. The minimum Gasteiger partial charge on any atom is -0.276 e. The van der Waals surface area contributed by atoms with E-state index in [2.05, 4.69) is 27.8 Å². The van der Waals surface area contributed by atoms with E-state index in [1.807, 2.05) is 31.2 Å². The lowest BCUT2D eigenvalue weighted by Gasteiger charge is -2.08. The van der Waals surface area contributed by atoms with Gasteiger partial charge >= 0.3 is 0 Å². The molecule has 3 heterocycles. The Bertz CT molecular complexity index is 907. The fourth-order valence-electron chi connectivity index (χ4n) is 2.73. The van der Waals surface area contributed by atoms with Gasteiger partial charge in [-0.2, -0.15) is 0 Å². The molecule has 0 radical (unpaired) electrons. The van der Waals surface area contributed by atoms with Crippen LogP contribution < -0.4 is 0 Å². The third kappa shape index (κ3) is 2.01. The second-order valence-corrected chi connectivity index (χ2v) is 6.86. The molecule has 1 aromatic carbocycles. The molecular formula is C16H13ClN4S. The van der Waals surface area contributed by atoms with Crippen LogP contribution in [0.15, 0.2) is 35.3 Å². The van der Waals surface area contributed by atoms with E-state index in [0.29, 0.717) is 11.6 Å². The first-order valence-electron chi connectivity index (χ1n) is 6.96. The molecule has 4 nitrogen and oxygen atoms in total. The van der Waals surface area contributed by atoms with Crippen LogP contribution in [0.3, 0.4) is 0 Å². The quantitative estimate of drug-likeness (QED) is 0.679. The van der Waals surface area contributed by atoms with Crippen molar-refractivity contribution >= 4 is 28.6 Å². The number of aliphatic imine (C=N–C) groups is 1. The summed E-state index contributed by atoms with van der Waals surface area (Å²) in [6.45, 7) is 4.57. The molecule has 6 heteroatoms. The number of rotatable bonds is 1. The summed E-state index contributed by atoms with van der Waals surface area (Å²) in [5, 5.41) is 10.3. The first-order valence-corrected chi connectivity index (χ1v) is 8.16. The number of fused-ring (bicyclic) bond motifs is 3. The highest BCUT2D eigenvalue weighted by Gasteiger charge is 2.24. The highest BCUT2D eigenvalue weighted by atomic mass is 35.5. The average Bonchev–Trinajstić information content (AvgIpc) is 3.00. The third-order valence-corrected chi connectivity index (χ3v) is 5.06. The van der Waals surface area contributed by atoms with Crippen LogP contribution in [-0.4, -0.2) is 20.5 Å². The molecule has 0 spiro atoms. The van der Waals surface area contributed by atoms with Crippen LogP contribution >= 0.6 is 22.9 Å². The molecule has 0 saturated carbocycles. The molecular weight excluding hydrogens is 316 g/mol. The summed E-state index contributed by atoms with van der Waals surface area (Å²) in [6.07, 6.45) is 0. The van der Waals surface area contributed by atoms with Gasteiger partial charge in [0.1, 0.15) is 17.4 Å². The van der Waals surface area contributed by atoms with Gasteiger partial charge in [0.2, 0.25) is 0 Å². The van der Waals surface area contributed by atoms with Crippen molar-refractivity contribution in [1.29, 1.82) is 0 Å². The number of aryl methyl sites for hydroxylation is 2. The average molecular weight is 329 g/mol. The summed E-state index contributed by atoms with van der Waals surface area (Å²) in [4.78, 5) is 6.01. The number of aromatic nitrogens is 3. The maximum Gasteiger partial charge on any atom is 0.160 e. The number of hydrogen-bond acceptors (Lipinski definition) is 4. The molecule has 4 rings (SSSR count). The van der Waals surface area contributed by atoms with Crippen LogP contribution in [0.25, 0.3) is 5.00 Å². The predicted molar refractivity (Wildman–Crippen MR) is 89.5 cm³/mol. The maximum atomic E-state index is 6.39. The highest BCUT2D eigenvalue weighted by molar-refractivity contribution is 7.15. The van der Waals surface area contributed by atoms with E-state index in [-0.39, 0.29) is 0 Å². The number of thiophene rings is 1. The fourth-order valence-corrected chi connectivity index (χ4v) is 4.03. The zero-order chi connectivity index (χ0) is 15.3. The lowest BCUT2D eigenvalue weighted by Crippen LogP contribution is -2.05. The van der Waals surface area contributed by atoms with E-state index in [0.717, 1.165) is 33.5 Å². The largest absolute Gasteiger partial charge is 0.276 e. The molecule has 0 saturated heterocycles. The fraction of sp³-hybridized carbons (Fsp3) is 0.188. The second kappa shape index (κ2) is 5.04. The van der Waals surface area contributed by atoms with Gasteiger partial charge in [-0.25, -0.2) is 0 Å². The van der Waals surface area contributed by atoms with Crippen molar-refractivity contribution in [1.82, 2.24) is 14.8 Å². The van der Waals surface area contributed by atoms with Crippen molar-refractivity contribution in [2.75, 3.05) is 0 Å². The molecule has 0 bridgehead atoms. The Morgan fingerprint density at radius 1 is 1.14 bits per heavy atom.